The van der Waals surface area contributed by atoms with Gasteiger partial charge >= 0.3 is 0 Å². The van der Waals surface area contributed by atoms with Crippen LogP contribution in [0.4, 0.5) is 17.1 Å². The number of rotatable bonds is 3. The average Bonchev–Trinajstić information content (AvgIpc) is 3.31. The lowest BCUT2D eigenvalue weighted by molar-refractivity contribution is -0.385. The molecule has 0 N–H and O–H groups in total. The number of hydrogen-bond acceptors (Lipinski definition) is 7. The van der Waals surface area contributed by atoms with Crippen LogP contribution in [0.5, 0.6) is 0 Å². The van der Waals surface area contributed by atoms with Gasteiger partial charge in [0, 0.05) is 11.6 Å². The van der Waals surface area contributed by atoms with E-state index in [0.29, 0.717) is 17.2 Å². The van der Waals surface area contributed by atoms with E-state index in [1.54, 1.807) is 23.2 Å². The molecular weight excluding hydrogens is 410 g/mol. The fraction of sp³-hybridized carbons (Fsp3) is 0.130. The van der Waals surface area contributed by atoms with E-state index in [4.69, 9.17) is 4.94 Å². The van der Waals surface area contributed by atoms with Crippen LogP contribution in [0, 0.1) is 30.9 Å². The fourth-order valence-corrected chi connectivity index (χ4v) is 4.28. The normalized spacial score (nSPS) is 14.7. The Morgan fingerprint density at radius 3 is 2.28 bits per heavy atom. The zero-order valence-corrected chi connectivity index (χ0v) is 17.6. The highest BCUT2D eigenvalue weighted by Crippen LogP contribution is 2.44. The zero-order valence-electron chi connectivity index (χ0n) is 17.6. The Hall–Kier alpha value is -4.24. The molecule has 0 radical (unpaired) electrons. The third kappa shape index (κ3) is 2.83. The first-order valence-electron chi connectivity index (χ1n) is 9.99. The van der Waals surface area contributed by atoms with Crippen LogP contribution in [0.1, 0.15) is 32.6 Å². The van der Waals surface area contributed by atoms with Crippen molar-refractivity contribution in [3.05, 3.63) is 98.6 Å². The Balaban J connectivity index is 1.62. The standard InChI is InChI=1S/C23H19N5O4/c1-14-12-15(2)21(16(3)13-14)22-24-32-28-25(22)19-10-6-7-11-20(19)26(28)23(29)17-8-4-5-9-18(17)27(30)31/h4-13H,1-3H3. The molecule has 9 heteroatoms. The topological polar surface area (TPSA) is 91.5 Å². The summed E-state index contributed by atoms with van der Waals surface area (Å²) in [4.78, 5) is 30.1. The van der Waals surface area contributed by atoms with Gasteiger partial charge in [0.1, 0.15) is 5.56 Å². The van der Waals surface area contributed by atoms with Gasteiger partial charge in [-0.3, -0.25) is 19.8 Å². The molecule has 3 aromatic rings. The number of nitro benzene ring substituents is 1. The van der Waals surface area contributed by atoms with E-state index in [-0.39, 0.29) is 11.3 Å². The summed E-state index contributed by atoms with van der Waals surface area (Å²) >= 11 is 0. The fourth-order valence-electron chi connectivity index (χ4n) is 4.28. The van der Waals surface area contributed by atoms with Gasteiger partial charge in [0.15, 0.2) is 0 Å². The first kappa shape index (κ1) is 19.7. The van der Waals surface area contributed by atoms with Gasteiger partial charge in [-0.25, -0.2) is 0 Å². The first-order valence-corrected chi connectivity index (χ1v) is 9.99. The predicted octanol–water partition coefficient (Wildman–Crippen LogP) is 4.43. The third-order valence-corrected chi connectivity index (χ3v) is 5.51. The van der Waals surface area contributed by atoms with E-state index in [1.165, 1.54) is 28.5 Å². The van der Waals surface area contributed by atoms with Crippen LogP contribution < -0.4 is 10.0 Å². The van der Waals surface area contributed by atoms with E-state index in [0.717, 1.165) is 22.3 Å². The van der Waals surface area contributed by atoms with Gasteiger partial charge in [-0.05, 0) is 55.3 Å². The summed E-state index contributed by atoms with van der Waals surface area (Å²) in [6.07, 6.45) is 0. The van der Waals surface area contributed by atoms with Crippen molar-refractivity contribution in [1.82, 2.24) is 5.28 Å². The number of nitro groups is 1. The van der Waals surface area contributed by atoms with Crippen LogP contribution in [0.2, 0.25) is 0 Å². The number of nitrogens with zero attached hydrogens (tertiary/aromatic N) is 5. The molecule has 2 heterocycles. The number of carbonyl (C=O) groups excluding carboxylic acids is 1. The van der Waals surface area contributed by atoms with Crippen LogP contribution >= 0.6 is 0 Å². The van der Waals surface area contributed by atoms with E-state index in [9.17, 15) is 14.9 Å². The van der Waals surface area contributed by atoms with E-state index in [1.807, 2.05) is 32.9 Å². The zero-order chi connectivity index (χ0) is 22.6. The Kier molecular flexibility index (Phi) is 4.42. The molecule has 0 saturated carbocycles. The van der Waals surface area contributed by atoms with Crippen molar-refractivity contribution in [2.45, 2.75) is 20.8 Å². The van der Waals surface area contributed by atoms with Gasteiger partial charge in [-0.2, -0.15) is 10.0 Å². The van der Waals surface area contributed by atoms with Crippen molar-refractivity contribution >= 4 is 28.8 Å². The average molecular weight is 429 g/mol. The number of amidine groups is 1. The molecule has 2 aliphatic heterocycles. The molecule has 0 spiro atoms. The summed E-state index contributed by atoms with van der Waals surface area (Å²) in [5, 5.41) is 20.0. The molecule has 0 atom stereocenters. The second-order valence-electron chi connectivity index (χ2n) is 7.71. The van der Waals surface area contributed by atoms with Crippen molar-refractivity contribution in [1.29, 1.82) is 0 Å². The van der Waals surface area contributed by atoms with Gasteiger partial charge in [0.2, 0.25) is 5.84 Å². The van der Waals surface area contributed by atoms with Crippen LogP contribution in [-0.2, 0) is 4.94 Å². The molecule has 5 rings (SSSR count). The summed E-state index contributed by atoms with van der Waals surface area (Å²) < 4.78 is 0. The minimum absolute atomic E-state index is 0.0473. The van der Waals surface area contributed by atoms with Crippen molar-refractivity contribution < 1.29 is 14.7 Å². The summed E-state index contributed by atoms with van der Waals surface area (Å²) in [6, 6.07) is 17.2. The van der Waals surface area contributed by atoms with E-state index in [2.05, 4.69) is 17.3 Å². The number of carbonyl (C=O) groups is 1. The maximum absolute atomic E-state index is 13.5. The molecule has 32 heavy (non-hydrogen) atoms. The highest BCUT2D eigenvalue weighted by atomic mass is 16.9. The lowest BCUT2D eigenvalue weighted by atomic mass is 9.98. The number of anilines is 2. The molecule has 3 aromatic carbocycles. The van der Waals surface area contributed by atoms with E-state index < -0.39 is 10.8 Å². The summed E-state index contributed by atoms with van der Waals surface area (Å²) in [6.45, 7) is 6.03. The molecule has 2 aliphatic rings. The van der Waals surface area contributed by atoms with Gasteiger partial charge < -0.3 is 0 Å². The Labute approximate surface area is 183 Å². The minimum Gasteiger partial charge on any atom is -0.267 e. The molecule has 0 saturated heterocycles. The molecule has 1 amide bonds. The predicted molar refractivity (Wildman–Crippen MR) is 119 cm³/mol. The van der Waals surface area contributed by atoms with E-state index >= 15 is 0 Å². The van der Waals surface area contributed by atoms with Crippen molar-refractivity contribution in [2.24, 2.45) is 5.16 Å². The van der Waals surface area contributed by atoms with Crippen LogP contribution in [0.15, 0.2) is 65.8 Å². The number of para-hydroxylation sites is 3. The highest BCUT2D eigenvalue weighted by molar-refractivity contribution is 6.18. The maximum atomic E-state index is 13.5. The number of benzene rings is 3. The van der Waals surface area contributed by atoms with Crippen LogP contribution in [-0.4, -0.2) is 21.9 Å². The smallest absolute Gasteiger partial charge is 0.267 e. The van der Waals surface area contributed by atoms with Gasteiger partial charge in [-0.1, -0.05) is 42.0 Å². The van der Waals surface area contributed by atoms with Crippen molar-refractivity contribution in [3.8, 4) is 0 Å². The van der Waals surface area contributed by atoms with Crippen molar-refractivity contribution in [3.63, 3.8) is 0 Å². The molecule has 0 bridgehead atoms. The lowest BCUT2D eigenvalue weighted by Gasteiger charge is -2.25. The monoisotopic (exact) mass is 429 g/mol. The largest absolute Gasteiger partial charge is 0.284 e. The SMILES string of the molecule is Cc1cc(C)c(C2=NON3N(C(=O)c4ccccc4[N+](=O)[O-])c4ccccc4N23)c(C)c1. The minimum atomic E-state index is -0.596. The first-order chi connectivity index (χ1) is 15.4. The number of amides is 1. The lowest BCUT2D eigenvalue weighted by Crippen LogP contribution is -2.49. The van der Waals surface area contributed by atoms with Gasteiger partial charge in [-0.15, -0.1) is 0 Å². The van der Waals surface area contributed by atoms with Crippen LogP contribution in [0.25, 0.3) is 0 Å². The quantitative estimate of drug-likeness (QED) is 0.452. The second kappa shape index (κ2) is 7.17. The Morgan fingerprint density at radius 2 is 1.59 bits per heavy atom. The summed E-state index contributed by atoms with van der Waals surface area (Å²) in [7, 11) is 0. The number of aryl methyl sites for hydroxylation is 3. The molecule has 0 aromatic heterocycles. The molecule has 9 nitrogen and oxygen atoms in total. The number of hydrazine groups is 2. The van der Waals surface area contributed by atoms with Gasteiger partial charge in [0.25, 0.3) is 11.6 Å². The number of fused-ring (bicyclic) bond motifs is 3. The molecule has 0 unspecified atom stereocenters. The summed E-state index contributed by atoms with van der Waals surface area (Å²) in [5.74, 6) is -0.0636. The maximum Gasteiger partial charge on any atom is 0.284 e. The molecule has 160 valence electrons. The second-order valence-corrected chi connectivity index (χ2v) is 7.71. The van der Waals surface area contributed by atoms with Gasteiger partial charge in [0.05, 0.1) is 21.6 Å². The molecule has 0 aliphatic carbocycles. The molecular formula is C23H19N5O4. The highest BCUT2D eigenvalue weighted by Gasteiger charge is 2.48. The third-order valence-electron chi connectivity index (χ3n) is 5.51. The summed E-state index contributed by atoms with van der Waals surface area (Å²) in [5.41, 5.74) is 4.96. The Bertz CT molecular complexity index is 1300. The molecule has 0 fully saturated rings. The van der Waals surface area contributed by atoms with Crippen molar-refractivity contribution in [2.75, 3.05) is 10.0 Å². The number of hydrogen-bond donors (Lipinski definition) is 0. The van der Waals surface area contributed by atoms with Crippen LogP contribution in [0.3, 0.4) is 0 Å². The Morgan fingerprint density at radius 1 is 0.969 bits per heavy atom. The number of oxime groups is 1.